The summed E-state index contributed by atoms with van der Waals surface area (Å²) < 4.78 is 0. The molecule has 3 rings (SSSR count). The molecule has 0 bridgehead atoms. The molecule has 388 valence electrons. The fraction of sp³-hybridized carbons (Fsp3) is 0.519. The smallest absolute Gasteiger partial charge is 0.326 e. The number of hydrogen-bond donors (Lipinski definition) is 9. The quantitative estimate of drug-likeness (QED) is 0.0360. The van der Waals surface area contributed by atoms with Crippen molar-refractivity contribution in [1.29, 1.82) is 0 Å². The van der Waals surface area contributed by atoms with Crippen LogP contribution in [-0.2, 0) is 51.2 Å². The topological polar surface area (TPSA) is 289 Å². The number of aliphatic hydroxyl groups excluding tert-OH is 1. The lowest BCUT2D eigenvalue weighted by atomic mass is 10.0. The summed E-state index contributed by atoms with van der Waals surface area (Å²) in [5.74, 6) is -5.69. The minimum Gasteiger partial charge on any atom is -0.480 e. The lowest BCUT2D eigenvalue weighted by Crippen LogP contribution is -2.59. The number of carboxylic acid groups (broad SMARTS) is 1. The van der Waals surface area contributed by atoms with Crippen LogP contribution in [0.1, 0.15) is 135 Å². The normalized spacial score (nSPS) is 13.6. The molecule has 71 heavy (non-hydrogen) atoms. The molecule has 0 radical (unpaired) electrons. The second-order valence-corrected chi connectivity index (χ2v) is 18.8. The number of carbonyl (C=O) groups excluding carboxylic acids is 7. The number of nitrogens with two attached hydrogens (primary N) is 2. The fourth-order valence-corrected chi connectivity index (χ4v) is 8.15. The average Bonchev–Trinajstić information content (AvgIpc) is 3.32. The van der Waals surface area contributed by atoms with E-state index in [-0.39, 0.29) is 43.9 Å². The van der Waals surface area contributed by atoms with Crippen molar-refractivity contribution in [2.24, 2.45) is 17.4 Å². The first-order valence-corrected chi connectivity index (χ1v) is 25.1. The highest BCUT2D eigenvalue weighted by Gasteiger charge is 2.32. The highest BCUT2D eigenvalue weighted by molar-refractivity contribution is 5.95. The highest BCUT2D eigenvalue weighted by atomic mass is 16.4. The average molecular weight is 984 g/mol. The number of hydrogen-bond acceptors (Lipinski definition) is 9. The van der Waals surface area contributed by atoms with E-state index in [1.54, 1.807) is 12.1 Å². The van der Waals surface area contributed by atoms with Crippen molar-refractivity contribution in [3.05, 3.63) is 96.1 Å². The molecule has 3 aromatic rings. The zero-order valence-electron chi connectivity index (χ0n) is 41.7. The molecule has 0 spiro atoms. The maximum atomic E-state index is 13.3. The summed E-state index contributed by atoms with van der Waals surface area (Å²) >= 11 is 0. The Kier molecular flexibility index (Phi) is 26.7. The Bertz CT molecular complexity index is 2140. The molecule has 0 aliphatic rings. The van der Waals surface area contributed by atoms with Crippen LogP contribution in [0.4, 0.5) is 0 Å². The molecule has 3 aromatic carbocycles. The molecule has 0 saturated carbocycles. The molecular weight excluding hydrogens is 907 g/mol. The highest BCUT2D eigenvalue weighted by Crippen LogP contribution is 2.20. The Labute approximate surface area is 418 Å². The maximum Gasteiger partial charge on any atom is 0.326 e. The molecular formula is C54H77N7O10. The lowest BCUT2D eigenvalue weighted by Gasteiger charge is -2.26. The number of rotatable bonds is 35. The molecule has 0 aromatic heterocycles. The van der Waals surface area contributed by atoms with Crippen molar-refractivity contribution in [2.75, 3.05) is 0 Å². The first-order valence-electron chi connectivity index (χ1n) is 25.1. The van der Waals surface area contributed by atoms with Crippen LogP contribution in [0.2, 0.25) is 0 Å². The number of aliphatic hydroxyl groups is 1. The summed E-state index contributed by atoms with van der Waals surface area (Å²) in [7, 11) is 0. The van der Waals surface area contributed by atoms with Gasteiger partial charge in [0.2, 0.25) is 41.4 Å². The molecule has 17 nitrogen and oxygen atoms in total. The van der Waals surface area contributed by atoms with Crippen LogP contribution in [0.3, 0.4) is 0 Å². The first kappa shape index (κ1) is 58.7. The summed E-state index contributed by atoms with van der Waals surface area (Å²) in [6.07, 6.45) is 10.1. The van der Waals surface area contributed by atoms with Crippen molar-refractivity contribution < 1.29 is 48.6 Å². The van der Waals surface area contributed by atoms with Crippen LogP contribution in [0.15, 0.2) is 84.9 Å². The number of nitrogens with one attached hydrogen (secondary N) is 5. The Hall–Kier alpha value is -6.62. The summed E-state index contributed by atoms with van der Waals surface area (Å²) in [6.45, 7) is 5.15. The van der Waals surface area contributed by atoms with Gasteiger partial charge in [0.25, 0.3) is 0 Å². The Morgan fingerprint density at radius 3 is 1.38 bits per heavy atom. The van der Waals surface area contributed by atoms with E-state index in [0.29, 0.717) is 18.4 Å². The summed E-state index contributed by atoms with van der Waals surface area (Å²) in [5.41, 5.74) is 14.4. The van der Waals surface area contributed by atoms with E-state index in [1.165, 1.54) is 6.92 Å². The standard InChI is InChI=1S/C54H77N7O10/c1-36(2)32-43(51(67)58-42(50(56)66)33-38-22-16-14-17-23-38)59-53(69)49(37(3)62)61-48(65)27-21-13-11-9-7-5-4-6-8-10-12-20-26-47(64)57-44(35-46(55)63)52(68)60-45(54(70)71)34-39-28-30-41(31-29-39)40-24-18-15-19-25-40/h14-19,22-25,28-31,36-37,42-45,49,62H,4-13,20-21,26-27,32-35H2,1-3H3,(H2,55,63)(H2,56,66)(H,57,64)(H,58,67)(H,59,69)(H,60,68)(H,61,65)(H,70,71)/t37?,42-,43-,44-,45-,49-/m0/s1. The Balaban J connectivity index is 1.27. The largest absolute Gasteiger partial charge is 0.480 e. The van der Waals surface area contributed by atoms with Gasteiger partial charge < -0.3 is 48.3 Å². The van der Waals surface area contributed by atoms with Gasteiger partial charge >= 0.3 is 5.97 Å². The molecule has 0 fully saturated rings. The van der Waals surface area contributed by atoms with Crippen LogP contribution in [0, 0.1) is 5.92 Å². The molecule has 0 heterocycles. The number of aliphatic carboxylic acids is 1. The lowest BCUT2D eigenvalue weighted by molar-refractivity contribution is -0.142. The summed E-state index contributed by atoms with van der Waals surface area (Å²) in [5, 5.41) is 33.2. The molecule has 1 unspecified atom stereocenters. The van der Waals surface area contributed by atoms with E-state index < -0.39 is 84.1 Å². The van der Waals surface area contributed by atoms with E-state index in [2.05, 4.69) is 26.6 Å². The summed E-state index contributed by atoms with van der Waals surface area (Å²) in [6, 6.07) is 20.2. The van der Waals surface area contributed by atoms with Crippen LogP contribution >= 0.6 is 0 Å². The van der Waals surface area contributed by atoms with Gasteiger partial charge in [-0.1, -0.05) is 163 Å². The zero-order chi connectivity index (χ0) is 52.1. The van der Waals surface area contributed by atoms with Crippen LogP contribution < -0.4 is 38.1 Å². The number of carbonyl (C=O) groups is 8. The number of primary amides is 2. The Morgan fingerprint density at radius 2 is 0.901 bits per heavy atom. The SMILES string of the molecule is CC(C)C[C@H](NC(=O)[C@@H](NC(=O)CCCCCCCCCCCCCCC(=O)N[C@@H](CC(N)=O)C(=O)N[C@@H](Cc1ccc(-c2ccccc2)cc1)C(=O)O)C(C)O)C(=O)N[C@@H](Cc1ccccc1)C(N)=O. The fourth-order valence-electron chi connectivity index (χ4n) is 8.15. The van der Waals surface area contributed by atoms with E-state index in [9.17, 15) is 48.6 Å². The van der Waals surface area contributed by atoms with Crippen molar-refractivity contribution in [2.45, 2.75) is 173 Å². The molecule has 17 heteroatoms. The van der Waals surface area contributed by atoms with E-state index in [4.69, 9.17) is 11.5 Å². The van der Waals surface area contributed by atoms with Gasteiger partial charge in [0.05, 0.1) is 12.5 Å². The van der Waals surface area contributed by atoms with Crippen LogP contribution in [0.5, 0.6) is 0 Å². The molecule has 0 aliphatic carbocycles. The van der Waals surface area contributed by atoms with Crippen LogP contribution in [0.25, 0.3) is 11.1 Å². The van der Waals surface area contributed by atoms with Crippen LogP contribution in [-0.4, -0.2) is 93.8 Å². The predicted octanol–water partition coefficient (Wildman–Crippen LogP) is 4.90. The van der Waals surface area contributed by atoms with Gasteiger partial charge in [0.15, 0.2) is 0 Å². The van der Waals surface area contributed by atoms with Crippen molar-refractivity contribution >= 4 is 47.3 Å². The third-order valence-corrected chi connectivity index (χ3v) is 12.1. The summed E-state index contributed by atoms with van der Waals surface area (Å²) in [4.78, 5) is 101. The molecule has 7 amide bonds. The molecule has 6 atom stereocenters. The molecule has 0 aliphatic heterocycles. The van der Waals surface area contributed by atoms with Gasteiger partial charge in [-0.05, 0) is 54.4 Å². The zero-order valence-corrected chi connectivity index (χ0v) is 41.7. The number of carboxylic acids is 1. The van der Waals surface area contributed by atoms with Gasteiger partial charge in [-0.15, -0.1) is 0 Å². The third-order valence-electron chi connectivity index (χ3n) is 12.1. The number of unbranched alkanes of at least 4 members (excludes halogenated alkanes) is 11. The van der Waals surface area contributed by atoms with Crippen molar-refractivity contribution in [3.63, 3.8) is 0 Å². The van der Waals surface area contributed by atoms with Gasteiger partial charge in [0, 0.05) is 25.7 Å². The van der Waals surface area contributed by atoms with E-state index in [0.717, 1.165) is 80.9 Å². The first-order chi connectivity index (χ1) is 33.9. The molecule has 0 saturated heterocycles. The van der Waals surface area contributed by atoms with Crippen molar-refractivity contribution in [3.8, 4) is 11.1 Å². The minimum absolute atomic E-state index is 0.000854. The van der Waals surface area contributed by atoms with Gasteiger partial charge in [-0.25, -0.2) is 4.79 Å². The van der Waals surface area contributed by atoms with E-state index in [1.807, 2.05) is 86.6 Å². The second-order valence-electron chi connectivity index (χ2n) is 18.8. The van der Waals surface area contributed by atoms with Gasteiger partial charge in [-0.2, -0.15) is 0 Å². The molecule has 11 N–H and O–H groups in total. The minimum atomic E-state index is -1.30. The van der Waals surface area contributed by atoms with Gasteiger partial charge in [0.1, 0.15) is 30.2 Å². The van der Waals surface area contributed by atoms with Crippen molar-refractivity contribution in [1.82, 2.24) is 26.6 Å². The predicted molar refractivity (Wildman–Crippen MR) is 272 cm³/mol. The number of amides is 7. The second kappa shape index (κ2) is 32.3. The maximum absolute atomic E-state index is 13.3. The monoisotopic (exact) mass is 984 g/mol. The Morgan fingerprint density at radius 1 is 0.479 bits per heavy atom. The number of benzene rings is 3. The van der Waals surface area contributed by atoms with Gasteiger partial charge in [-0.3, -0.25) is 33.6 Å². The third kappa shape index (κ3) is 23.7. The van der Waals surface area contributed by atoms with E-state index >= 15 is 0 Å².